The largest absolute Gasteiger partial charge is 0.368 e. The Labute approximate surface area is 142 Å². The van der Waals surface area contributed by atoms with E-state index in [2.05, 4.69) is 11.4 Å². The molecule has 1 saturated carbocycles. The van der Waals surface area contributed by atoms with Gasteiger partial charge in [-0.3, -0.25) is 14.6 Å². The number of fused-ring (bicyclic) bond motifs is 3. The Bertz CT molecular complexity index is 683. The van der Waals surface area contributed by atoms with Crippen LogP contribution in [0.1, 0.15) is 51.0 Å². The van der Waals surface area contributed by atoms with Crippen molar-refractivity contribution in [2.24, 2.45) is 22.6 Å². The monoisotopic (exact) mass is 327 g/mol. The third-order valence-electron chi connectivity index (χ3n) is 5.44. The number of aliphatic imine (C=N–C) groups is 1. The normalized spacial score (nSPS) is 24.3. The van der Waals surface area contributed by atoms with Crippen molar-refractivity contribution in [3.05, 3.63) is 29.8 Å². The molecule has 1 heterocycles. The lowest BCUT2D eigenvalue weighted by Crippen LogP contribution is -2.50. The SMILES string of the molecule is CCC(C)[C@H](NC(=O)C1CCC2=Nc3ccccc3C2C1)C(N)=O. The molecule has 1 aromatic rings. The van der Waals surface area contributed by atoms with E-state index in [-0.39, 0.29) is 23.7 Å². The van der Waals surface area contributed by atoms with Gasteiger partial charge in [-0.25, -0.2) is 0 Å². The van der Waals surface area contributed by atoms with Crippen LogP contribution in [0, 0.1) is 11.8 Å². The molecular weight excluding hydrogens is 302 g/mol. The Kier molecular flexibility index (Phi) is 4.69. The van der Waals surface area contributed by atoms with Crippen molar-refractivity contribution < 1.29 is 9.59 Å². The number of hydrogen-bond acceptors (Lipinski definition) is 3. The Morgan fingerprint density at radius 3 is 2.83 bits per heavy atom. The van der Waals surface area contributed by atoms with E-state index < -0.39 is 11.9 Å². The van der Waals surface area contributed by atoms with Gasteiger partial charge in [0.1, 0.15) is 6.04 Å². The molecule has 0 bridgehead atoms. The Hall–Kier alpha value is -2.17. The van der Waals surface area contributed by atoms with Crippen LogP contribution in [0.25, 0.3) is 0 Å². The van der Waals surface area contributed by atoms with Crippen LogP contribution in [0.5, 0.6) is 0 Å². The molecule has 5 heteroatoms. The standard InChI is InChI=1S/C19H25N3O2/c1-3-11(2)17(18(20)23)22-19(24)12-8-9-16-14(10-12)13-6-4-5-7-15(13)21-16/h4-7,11-12,14,17H,3,8-10H2,1-2H3,(H2,20,23)(H,22,24)/t11?,12?,14?,17-/m0/s1. The third-order valence-corrected chi connectivity index (χ3v) is 5.44. The van der Waals surface area contributed by atoms with Crippen molar-refractivity contribution in [2.75, 3.05) is 0 Å². The van der Waals surface area contributed by atoms with Crippen LogP contribution in [-0.2, 0) is 9.59 Å². The van der Waals surface area contributed by atoms with E-state index in [4.69, 9.17) is 10.7 Å². The number of benzene rings is 1. The predicted molar refractivity (Wildman–Crippen MR) is 94.2 cm³/mol. The smallest absolute Gasteiger partial charge is 0.240 e. The first kappa shape index (κ1) is 16.7. The van der Waals surface area contributed by atoms with Gasteiger partial charge >= 0.3 is 0 Å². The molecule has 1 aliphatic heterocycles. The van der Waals surface area contributed by atoms with Crippen LogP contribution in [0.2, 0.25) is 0 Å². The van der Waals surface area contributed by atoms with Crippen LogP contribution < -0.4 is 11.1 Å². The molecular formula is C19H25N3O2. The van der Waals surface area contributed by atoms with Crippen molar-refractivity contribution in [1.82, 2.24) is 5.32 Å². The summed E-state index contributed by atoms with van der Waals surface area (Å²) < 4.78 is 0. The number of hydrogen-bond donors (Lipinski definition) is 2. The number of para-hydroxylation sites is 1. The number of nitrogens with one attached hydrogen (secondary N) is 1. The molecule has 4 atom stereocenters. The fourth-order valence-corrected chi connectivity index (χ4v) is 3.75. The average molecular weight is 327 g/mol. The summed E-state index contributed by atoms with van der Waals surface area (Å²) in [5.74, 6) is -0.323. The maximum absolute atomic E-state index is 12.7. The van der Waals surface area contributed by atoms with E-state index in [0.29, 0.717) is 0 Å². The van der Waals surface area contributed by atoms with Crippen molar-refractivity contribution in [2.45, 2.75) is 51.5 Å². The topological polar surface area (TPSA) is 84.6 Å². The maximum Gasteiger partial charge on any atom is 0.240 e. The molecule has 1 aromatic carbocycles. The van der Waals surface area contributed by atoms with E-state index in [9.17, 15) is 9.59 Å². The Morgan fingerprint density at radius 1 is 1.38 bits per heavy atom. The number of nitrogens with zero attached hydrogens (tertiary/aromatic N) is 1. The van der Waals surface area contributed by atoms with Crippen LogP contribution in [0.3, 0.4) is 0 Å². The zero-order valence-electron chi connectivity index (χ0n) is 14.3. The highest BCUT2D eigenvalue weighted by atomic mass is 16.2. The van der Waals surface area contributed by atoms with Crippen LogP contribution in [0.15, 0.2) is 29.3 Å². The highest BCUT2D eigenvalue weighted by Gasteiger charge is 2.37. The number of nitrogens with two attached hydrogens (primary N) is 1. The molecule has 1 aliphatic carbocycles. The van der Waals surface area contributed by atoms with Gasteiger partial charge in [-0.05, 0) is 36.8 Å². The number of rotatable bonds is 5. The number of primary amides is 1. The average Bonchev–Trinajstić information content (AvgIpc) is 2.96. The molecule has 0 radical (unpaired) electrons. The highest BCUT2D eigenvalue weighted by Crippen LogP contribution is 2.44. The molecule has 2 amide bonds. The zero-order chi connectivity index (χ0) is 17.3. The summed E-state index contributed by atoms with van der Waals surface area (Å²) in [5.41, 5.74) is 8.91. The number of amides is 2. The molecule has 0 aromatic heterocycles. The third kappa shape index (κ3) is 3.07. The van der Waals surface area contributed by atoms with Gasteiger partial charge in [-0.1, -0.05) is 38.5 Å². The molecule has 3 rings (SSSR count). The summed E-state index contributed by atoms with van der Waals surface area (Å²) in [4.78, 5) is 29.0. The first-order valence-electron chi connectivity index (χ1n) is 8.77. The first-order valence-corrected chi connectivity index (χ1v) is 8.77. The van der Waals surface area contributed by atoms with E-state index in [1.165, 1.54) is 11.3 Å². The second-order valence-electron chi connectivity index (χ2n) is 6.96. The molecule has 3 unspecified atom stereocenters. The van der Waals surface area contributed by atoms with E-state index in [1.54, 1.807) is 0 Å². The van der Waals surface area contributed by atoms with Crippen LogP contribution in [-0.4, -0.2) is 23.6 Å². The van der Waals surface area contributed by atoms with Crippen molar-refractivity contribution >= 4 is 23.2 Å². The fourth-order valence-electron chi connectivity index (χ4n) is 3.75. The Balaban J connectivity index is 1.70. The molecule has 3 N–H and O–H groups in total. The zero-order valence-corrected chi connectivity index (χ0v) is 14.3. The summed E-state index contributed by atoms with van der Waals surface area (Å²) >= 11 is 0. The fraction of sp³-hybridized carbons (Fsp3) is 0.526. The van der Waals surface area contributed by atoms with Gasteiger partial charge in [-0.2, -0.15) is 0 Å². The van der Waals surface area contributed by atoms with Crippen molar-refractivity contribution in [3.63, 3.8) is 0 Å². The van der Waals surface area contributed by atoms with E-state index in [1.807, 2.05) is 32.0 Å². The maximum atomic E-state index is 12.7. The minimum absolute atomic E-state index is 0.0411. The lowest BCUT2D eigenvalue weighted by atomic mass is 9.77. The molecule has 0 saturated heterocycles. The highest BCUT2D eigenvalue weighted by molar-refractivity contribution is 6.00. The second-order valence-corrected chi connectivity index (χ2v) is 6.96. The molecule has 2 aliphatic rings. The first-order chi connectivity index (χ1) is 11.5. The Morgan fingerprint density at radius 2 is 2.12 bits per heavy atom. The van der Waals surface area contributed by atoms with Gasteiger partial charge in [0.2, 0.25) is 11.8 Å². The summed E-state index contributed by atoms with van der Waals surface area (Å²) in [6, 6.07) is 7.55. The summed E-state index contributed by atoms with van der Waals surface area (Å²) in [6.45, 7) is 3.93. The summed E-state index contributed by atoms with van der Waals surface area (Å²) in [6.07, 6.45) is 3.17. The molecule has 0 spiro atoms. The predicted octanol–water partition coefficient (Wildman–Crippen LogP) is 2.67. The molecule has 24 heavy (non-hydrogen) atoms. The minimum atomic E-state index is -0.589. The lowest BCUT2D eigenvalue weighted by molar-refractivity contribution is -0.131. The summed E-state index contributed by atoms with van der Waals surface area (Å²) in [5, 5.41) is 2.89. The number of carbonyl (C=O) groups excluding carboxylic acids is 2. The van der Waals surface area contributed by atoms with Gasteiger partial charge in [0.25, 0.3) is 0 Å². The van der Waals surface area contributed by atoms with Gasteiger partial charge < -0.3 is 11.1 Å². The molecule has 128 valence electrons. The van der Waals surface area contributed by atoms with Gasteiger partial charge in [0.05, 0.1) is 5.69 Å². The van der Waals surface area contributed by atoms with Crippen molar-refractivity contribution in [1.29, 1.82) is 0 Å². The quantitative estimate of drug-likeness (QED) is 0.871. The lowest BCUT2D eigenvalue weighted by Gasteiger charge is -2.29. The van der Waals surface area contributed by atoms with Gasteiger partial charge in [0, 0.05) is 17.5 Å². The van der Waals surface area contributed by atoms with Crippen LogP contribution >= 0.6 is 0 Å². The van der Waals surface area contributed by atoms with Gasteiger partial charge in [-0.15, -0.1) is 0 Å². The number of carbonyl (C=O) groups is 2. The van der Waals surface area contributed by atoms with Crippen LogP contribution in [0.4, 0.5) is 5.69 Å². The second kappa shape index (κ2) is 6.75. The summed E-state index contributed by atoms with van der Waals surface area (Å²) in [7, 11) is 0. The van der Waals surface area contributed by atoms with Crippen molar-refractivity contribution in [3.8, 4) is 0 Å². The molecule has 5 nitrogen and oxygen atoms in total. The van der Waals surface area contributed by atoms with E-state index in [0.717, 1.165) is 31.4 Å². The minimum Gasteiger partial charge on any atom is -0.368 e. The van der Waals surface area contributed by atoms with E-state index >= 15 is 0 Å². The van der Waals surface area contributed by atoms with Gasteiger partial charge in [0.15, 0.2) is 0 Å². The molecule has 1 fully saturated rings.